The van der Waals surface area contributed by atoms with E-state index in [9.17, 15) is 49.9 Å². The van der Waals surface area contributed by atoms with Gasteiger partial charge in [0.2, 0.25) is 0 Å². The maximum atomic E-state index is 13.4. The minimum absolute atomic E-state index is 0. The van der Waals surface area contributed by atoms with E-state index in [-0.39, 0.29) is 84.1 Å². The van der Waals surface area contributed by atoms with Crippen LogP contribution in [0.25, 0.3) is 0 Å². The van der Waals surface area contributed by atoms with Crippen LogP contribution in [0.2, 0.25) is 0 Å². The van der Waals surface area contributed by atoms with Crippen LogP contribution in [0.4, 0.5) is 27.6 Å². The summed E-state index contributed by atoms with van der Waals surface area (Å²) in [6.07, 6.45) is -5.75. The number of carbonyl (C=O) groups excluding carboxylic acids is 3. The smallest absolute Gasteiger partial charge is 0.550 e. The van der Waals surface area contributed by atoms with Crippen molar-refractivity contribution in [2.75, 3.05) is 30.4 Å². The zero-order chi connectivity index (χ0) is 38.1. The summed E-state index contributed by atoms with van der Waals surface area (Å²) in [5.41, 5.74) is 0.387. The molecule has 1 N–H and O–H groups in total. The first-order chi connectivity index (χ1) is 24.5. The van der Waals surface area contributed by atoms with E-state index in [1.807, 2.05) is 0 Å². The number of rotatable bonds is 17. The number of nitrogens with zero attached hydrogens (tertiary/aromatic N) is 1. The van der Waals surface area contributed by atoms with Crippen molar-refractivity contribution in [2.24, 2.45) is 0 Å². The van der Waals surface area contributed by atoms with Crippen molar-refractivity contribution < 1.29 is 93.6 Å². The number of benzene rings is 3. The Morgan fingerprint density at radius 2 is 1.60 bits per heavy atom. The SMILES string of the molecule is CCS(=O)(=O)c1ccc([C@H](CCOC(=O)CCC(=O)[O-])NC(=O)c2ccc(N3C[C@@H](Oc4ccc(C(F)(F)F)cc4)C[C@H]3COC(F)F)cc2)cc1.[Na+]. The Balaban J connectivity index is 0.00000756. The number of anilines is 1. The first-order valence-electron chi connectivity index (χ1n) is 16.1. The molecule has 1 aliphatic rings. The topological polar surface area (TPSA) is 151 Å². The fraction of sp³-hybridized carbons (Fsp3) is 0.400. The predicted octanol–water partition coefficient (Wildman–Crippen LogP) is 1.70. The molecule has 53 heavy (non-hydrogen) atoms. The van der Waals surface area contributed by atoms with Crippen LogP contribution in [-0.2, 0) is 35.1 Å². The molecule has 0 aliphatic carbocycles. The second-order valence-corrected chi connectivity index (χ2v) is 14.1. The molecule has 0 radical (unpaired) electrons. The Labute approximate surface area is 325 Å². The van der Waals surface area contributed by atoms with Crippen molar-refractivity contribution in [1.29, 1.82) is 0 Å². The van der Waals surface area contributed by atoms with Crippen molar-refractivity contribution in [2.45, 2.75) is 68.5 Å². The van der Waals surface area contributed by atoms with E-state index in [2.05, 4.69) is 10.1 Å². The van der Waals surface area contributed by atoms with E-state index in [0.29, 0.717) is 11.3 Å². The van der Waals surface area contributed by atoms with Crippen molar-refractivity contribution >= 4 is 33.4 Å². The van der Waals surface area contributed by atoms with Crippen LogP contribution < -0.4 is 49.6 Å². The molecule has 3 aromatic carbocycles. The molecule has 282 valence electrons. The van der Waals surface area contributed by atoms with E-state index < -0.39 is 77.1 Å². The number of alkyl halides is 5. The third-order valence-electron chi connectivity index (χ3n) is 8.27. The normalized spacial score (nSPS) is 16.5. The molecule has 0 bridgehead atoms. The second-order valence-electron chi connectivity index (χ2n) is 11.8. The third-order valence-corrected chi connectivity index (χ3v) is 10.0. The zero-order valence-corrected chi connectivity index (χ0v) is 31.6. The number of carbonyl (C=O) groups is 3. The molecule has 1 heterocycles. The molecule has 0 unspecified atom stereocenters. The van der Waals surface area contributed by atoms with E-state index in [1.54, 1.807) is 17.0 Å². The first-order valence-corrected chi connectivity index (χ1v) is 17.8. The summed E-state index contributed by atoms with van der Waals surface area (Å²) >= 11 is 0. The van der Waals surface area contributed by atoms with Gasteiger partial charge in [0.25, 0.3) is 5.91 Å². The molecule has 1 fully saturated rings. The van der Waals surface area contributed by atoms with E-state index in [4.69, 9.17) is 9.47 Å². The van der Waals surface area contributed by atoms with Gasteiger partial charge in [0.1, 0.15) is 11.9 Å². The van der Waals surface area contributed by atoms with Crippen LogP contribution in [0, 0.1) is 0 Å². The van der Waals surface area contributed by atoms with Gasteiger partial charge in [0.05, 0.1) is 54.5 Å². The summed E-state index contributed by atoms with van der Waals surface area (Å²) in [4.78, 5) is 37.8. The van der Waals surface area contributed by atoms with Gasteiger partial charge >= 0.3 is 48.3 Å². The van der Waals surface area contributed by atoms with Crippen LogP contribution >= 0.6 is 0 Å². The molecule has 18 heteroatoms. The van der Waals surface area contributed by atoms with Crippen LogP contribution in [0.1, 0.15) is 60.1 Å². The van der Waals surface area contributed by atoms with Crippen molar-refractivity contribution in [3.05, 3.63) is 89.5 Å². The second kappa shape index (κ2) is 19.5. The molecule has 1 saturated heterocycles. The molecular formula is C35H36F5N2NaO9S. The number of carboxylic acids is 1. The fourth-order valence-corrected chi connectivity index (χ4v) is 6.43. The summed E-state index contributed by atoms with van der Waals surface area (Å²) in [6, 6.07) is 14.8. The zero-order valence-electron chi connectivity index (χ0n) is 28.8. The van der Waals surface area contributed by atoms with Gasteiger partial charge < -0.3 is 34.3 Å². The van der Waals surface area contributed by atoms with Crippen molar-refractivity contribution in [1.82, 2.24) is 5.32 Å². The molecular weight excluding hydrogens is 742 g/mol. The van der Waals surface area contributed by atoms with Gasteiger partial charge in [-0.05, 0) is 72.6 Å². The minimum atomic E-state index is -4.52. The van der Waals surface area contributed by atoms with Crippen LogP contribution in [0.3, 0.4) is 0 Å². The fourth-order valence-electron chi connectivity index (χ4n) is 5.54. The molecule has 1 amide bonds. The largest absolute Gasteiger partial charge is 1.00 e. The molecule has 11 nitrogen and oxygen atoms in total. The number of hydrogen-bond donors (Lipinski definition) is 1. The summed E-state index contributed by atoms with van der Waals surface area (Å²) in [5.74, 6) is -2.69. The Hall–Kier alpha value is -3.77. The molecule has 0 saturated carbocycles. The Kier molecular flexibility index (Phi) is 16.1. The Bertz CT molecular complexity index is 1780. The number of carboxylic acid groups (broad SMARTS) is 1. The number of aliphatic carboxylic acids is 1. The molecule has 3 aromatic rings. The van der Waals surface area contributed by atoms with Crippen molar-refractivity contribution in [3.8, 4) is 5.75 Å². The number of ether oxygens (including phenoxy) is 3. The average Bonchev–Trinajstić information content (AvgIpc) is 3.51. The van der Waals surface area contributed by atoms with E-state index >= 15 is 0 Å². The van der Waals surface area contributed by atoms with Gasteiger partial charge in [-0.3, -0.25) is 9.59 Å². The Morgan fingerprint density at radius 1 is 0.962 bits per heavy atom. The third kappa shape index (κ3) is 12.9. The number of esters is 1. The minimum Gasteiger partial charge on any atom is -0.550 e. The molecule has 4 rings (SSSR count). The van der Waals surface area contributed by atoms with Crippen LogP contribution in [-0.4, -0.2) is 70.5 Å². The van der Waals surface area contributed by atoms with Gasteiger partial charge in [0, 0.05) is 30.1 Å². The van der Waals surface area contributed by atoms with Crippen LogP contribution in [0.5, 0.6) is 5.75 Å². The van der Waals surface area contributed by atoms with Gasteiger partial charge in [0.15, 0.2) is 9.84 Å². The maximum absolute atomic E-state index is 13.4. The number of hydrogen-bond acceptors (Lipinski definition) is 10. The average molecular weight is 779 g/mol. The summed E-state index contributed by atoms with van der Waals surface area (Å²) in [7, 11) is -3.50. The molecule has 1 aliphatic heterocycles. The Morgan fingerprint density at radius 3 is 2.17 bits per heavy atom. The standard InChI is InChI=1S/C35H37F5N2O9S.Na/c1-2-52(47,48)29-13-5-22(6-14-29)30(17-18-49-32(45)16-15-31(43)44)41-33(46)23-3-9-25(10-4-23)42-20-28(19-26(42)21-50-34(36)37)51-27-11-7-24(8-12-27)35(38,39)40;/h3-14,26,28,30,34H,2,15-21H2,1H3,(H,41,46)(H,43,44);/q;+1/p-1/t26-,28-,30-;/m0./s1. The predicted molar refractivity (Wildman–Crippen MR) is 174 cm³/mol. The molecule has 3 atom stereocenters. The number of amides is 1. The number of halogens is 5. The van der Waals surface area contributed by atoms with E-state index in [0.717, 1.165) is 12.1 Å². The monoisotopic (exact) mass is 778 g/mol. The van der Waals surface area contributed by atoms with Gasteiger partial charge in [-0.1, -0.05) is 19.1 Å². The molecule has 0 spiro atoms. The quantitative estimate of drug-likeness (QED) is 0.122. The van der Waals surface area contributed by atoms with Crippen LogP contribution in [0.15, 0.2) is 77.7 Å². The molecule has 0 aromatic heterocycles. The first kappa shape index (κ1) is 43.6. The van der Waals surface area contributed by atoms with Gasteiger partial charge in [-0.2, -0.15) is 22.0 Å². The van der Waals surface area contributed by atoms with Crippen molar-refractivity contribution in [3.63, 3.8) is 0 Å². The van der Waals surface area contributed by atoms with E-state index in [1.165, 1.54) is 55.5 Å². The number of sulfone groups is 1. The number of nitrogens with one attached hydrogen (secondary N) is 1. The summed E-state index contributed by atoms with van der Waals surface area (Å²) in [5, 5.41) is 13.5. The summed E-state index contributed by atoms with van der Waals surface area (Å²) < 4.78 is 105. The van der Waals surface area contributed by atoms with Gasteiger partial charge in [-0.25, -0.2) is 8.42 Å². The maximum Gasteiger partial charge on any atom is 1.00 e. The summed E-state index contributed by atoms with van der Waals surface area (Å²) in [6.45, 7) is -1.92. The van der Waals surface area contributed by atoms with Gasteiger partial charge in [-0.15, -0.1) is 0 Å².